The van der Waals surface area contributed by atoms with Crippen LogP contribution in [-0.2, 0) is 64.0 Å². The van der Waals surface area contributed by atoms with E-state index in [1.807, 2.05) is 0 Å². The van der Waals surface area contributed by atoms with Crippen LogP contribution in [0.2, 0.25) is 10.0 Å². The first-order chi connectivity index (χ1) is 46.9. The maximum atomic E-state index is 15.7. The second-order valence-corrected chi connectivity index (χ2v) is 28.6. The first kappa shape index (κ1) is 76.6. The molecule has 0 bridgehead atoms. The van der Waals surface area contributed by atoms with Crippen molar-refractivity contribution >= 4 is 117 Å². The number of cyclic esters (lactones) is 2. The summed E-state index contributed by atoms with van der Waals surface area (Å²) < 4.78 is 18.7. The Morgan fingerprint density at radius 2 is 1.09 bits per heavy atom. The highest BCUT2D eigenvalue weighted by molar-refractivity contribution is 6.42. The minimum Gasteiger partial charge on any atom is -0.458 e. The Balaban J connectivity index is 1.28. The van der Waals surface area contributed by atoms with Gasteiger partial charge in [0.05, 0.1) is 39.9 Å². The van der Waals surface area contributed by atoms with Crippen LogP contribution in [0.25, 0.3) is 22.6 Å². The summed E-state index contributed by atoms with van der Waals surface area (Å²) in [5, 5.41) is 14.6. The van der Waals surface area contributed by atoms with Crippen molar-refractivity contribution in [3.8, 4) is 11.5 Å². The van der Waals surface area contributed by atoms with Crippen LogP contribution in [0.3, 0.4) is 0 Å². The van der Waals surface area contributed by atoms with Crippen LogP contribution in [0.15, 0.2) is 33.5 Å². The fraction of sp³-hybridized carbons (Fsp3) is 0.565. The second-order valence-electron chi connectivity index (χ2n) is 27.8. The normalized spacial score (nSPS) is 24.7. The van der Waals surface area contributed by atoms with Gasteiger partial charge in [-0.05, 0) is 101 Å². The maximum Gasteiger partial charge on any atom is 0.329 e. The van der Waals surface area contributed by atoms with Crippen LogP contribution >= 0.6 is 23.2 Å². The molecule has 31 heteroatoms. The van der Waals surface area contributed by atoms with E-state index < -0.39 is 191 Å². The minimum absolute atomic E-state index is 0.0454. The number of nitrogens with zero attached hydrogens (tertiary/aromatic N) is 7. The molecule has 542 valence electrons. The van der Waals surface area contributed by atoms with Crippen molar-refractivity contribution in [1.29, 1.82) is 0 Å². The number of nitrogen functional groups attached to an aromatic ring is 1. The molecule has 100 heavy (non-hydrogen) atoms. The van der Waals surface area contributed by atoms with E-state index in [0.29, 0.717) is 18.4 Å². The molecule has 7 N–H and O–H groups in total. The molecule has 4 fully saturated rings. The molecule has 4 saturated heterocycles. The van der Waals surface area contributed by atoms with Gasteiger partial charge in [-0.2, -0.15) is 0 Å². The predicted octanol–water partition coefficient (Wildman–Crippen LogP) is 3.64. The number of aromatic nitrogens is 1. The number of anilines is 2. The number of carbonyl (C=O) groups is 12. The zero-order chi connectivity index (χ0) is 74.1. The molecule has 1 aliphatic carbocycles. The zero-order valence-electron chi connectivity index (χ0n) is 59.3. The number of ether oxygens (including phenoxy) is 2. The van der Waals surface area contributed by atoms with E-state index in [9.17, 15) is 43.2 Å². The SMILES string of the molecule is Cc1c2oc3c(C)c(NCc4ccc(Cl)c(Cl)c4)cc(C(=O)N[C@@H]4C(=O)N[C@H](C(C)C)C(=O)N5CCC[C@H]5C(=O)N(C)CC(=O)N(C)[C@@H](C(C)C)C(=O)O[C@@H]4C)c3nc-2c(C(=O)NC2C(=O)N[C@H](C(C)C)C(=O)N3CCC[C@H]3C(=O)N(C)CC(=O)N(C)[C@@H](C(C)C)C(=O)O[C@@H]2C)c(N)c1=O. The Morgan fingerprint density at radius 1 is 0.630 bits per heavy atom. The van der Waals surface area contributed by atoms with E-state index in [0.717, 1.165) is 9.80 Å². The molecule has 5 heterocycles. The molecule has 29 nitrogen and oxygen atoms in total. The fourth-order valence-corrected chi connectivity index (χ4v) is 13.7. The highest BCUT2D eigenvalue weighted by Gasteiger charge is 2.47. The monoisotopic (exact) mass is 1430 g/mol. The summed E-state index contributed by atoms with van der Waals surface area (Å²) in [6, 6.07) is -4.80. The molecule has 8 rings (SSSR count). The Kier molecular flexibility index (Phi) is 23.9. The number of rotatable bonds is 11. The molecule has 0 aromatic heterocycles. The lowest BCUT2D eigenvalue weighted by atomic mass is 9.98. The van der Waals surface area contributed by atoms with Crippen molar-refractivity contribution in [3.05, 3.63) is 72.4 Å². The fourth-order valence-electron chi connectivity index (χ4n) is 13.4. The lowest BCUT2D eigenvalue weighted by molar-refractivity contribution is -0.163. The van der Waals surface area contributed by atoms with Crippen molar-refractivity contribution in [1.82, 2.24) is 55.7 Å². The lowest BCUT2D eigenvalue weighted by Gasteiger charge is -2.36. The summed E-state index contributed by atoms with van der Waals surface area (Å²) in [4.78, 5) is 202. The van der Waals surface area contributed by atoms with Gasteiger partial charge in [-0.3, -0.25) is 52.7 Å². The number of fused-ring (bicyclic) bond motifs is 4. The number of hydrogen-bond donors (Lipinski definition) is 6. The number of esters is 2. The maximum absolute atomic E-state index is 15.7. The van der Waals surface area contributed by atoms with Gasteiger partial charge >= 0.3 is 11.9 Å². The van der Waals surface area contributed by atoms with E-state index in [1.165, 1.54) is 74.6 Å². The summed E-state index contributed by atoms with van der Waals surface area (Å²) in [5.74, 6) is -12.9. The summed E-state index contributed by atoms with van der Waals surface area (Å²) >= 11 is 12.7. The summed E-state index contributed by atoms with van der Waals surface area (Å²) in [6.45, 7) is 18.2. The molecule has 0 saturated carbocycles. The highest BCUT2D eigenvalue weighted by atomic mass is 35.5. The average Bonchev–Trinajstić information content (AvgIpc) is 0.908. The van der Waals surface area contributed by atoms with Crippen molar-refractivity contribution in [2.75, 3.05) is 65.4 Å². The van der Waals surface area contributed by atoms with E-state index in [1.54, 1.807) is 80.5 Å². The molecule has 2 aromatic carbocycles. The van der Waals surface area contributed by atoms with E-state index in [-0.39, 0.29) is 81.8 Å². The molecule has 5 aliphatic heterocycles. The molecule has 0 spiro atoms. The zero-order valence-corrected chi connectivity index (χ0v) is 60.8. The number of nitrogens with one attached hydrogen (secondary N) is 5. The Labute approximate surface area is 589 Å². The molecule has 2 aromatic rings. The average molecular weight is 1430 g/mol. The van der Waals surface area contributed by atoms with Gasteiger partial charge < -0.3 is 75.6 Å². The molecule has 0 radical (unpaired) electrons. The Bertz CT molecular complexity index is 3970. The van der Waals surface area contributed by atoms with Crippen LogP contribution in [-0.4, -0.2) is 220 Å². The third kappa shape index (κ3) is 15.7. The van der Waals surface area contributed by atoms with Gasteiger partial charge in [-0.25, -0.2) is 14.6 Å². The molecule has 6 aliphatic rings. The molecule has 10 amide bonds. The summed E-state index contributed by atoms with van der Waals surface area (Å²) in [5.41, 5.74) is 3.99. The summed E-state index contributed by atoms with van der Waals surface area (Å²) in [7, 11) is 5.56. The van der Waals surface area contributed by atoms with Crippen molar-refractivity contribution in [3.63, 3.8) is 0 Å². The van der Waals surface area contributed by atoms with Crippen LogP contribution < -0.4 is 37.7 Å². The lowest BCUT2D eigenvalue weighted by Crippen LogP contribution is -2.61. The second kappa shape index (κ2) is 31.2. The number of benzene rings is 3. The molecule has 1 unspecified atom stereocenters. The minimum atomic E-state index is -1.93. The topological polar surface area (TPSA) is 372 Å². The Hall–Kier alpha value is -9.12. The molecular formula is C69H91Cl2N13O16. The van der Waals surface area contributed by atoms with Gasteiger partial charge in [0.25, 0.3) is 11.8 Å². The van der Waals surface area contributed by atoms with Crippen molar-refractivity contribution < 1.29 is 71.4 Å². The van der Waals surface area contributed by atoms with E-state index in [2.05, 4.69) is 26.6 Å². The Morgan fingerprint density at radius 3 is 1.53 bits per heavy atom. The van der Waals surface area contributed by atoms with Crippen molar-refractivity contribution in [2.45, 2.75) is 176 Å². The molecule has 10 atom stereocenters. The van der Waals surface area contributed by atoms with E-state index >= 15 is 19.2 Å². The highest BCUT2D eigenvalue weighted by Crippen LogP contribution is 2.38. The van der Waals surface area contributed by atoms with Crippen LogP contribution in [0.1, 0.15) is 132 Å². The number of halogens is 2. The third-order valence-electron chi connectivity index (χ3n) is 19.2. The third-order valence-corrected chi connectivity index (χ3v) is 19.9. The standard InChI is InChI=1S/C69H91Cl2N13O16/c1-30(2)49-66(94)83-23-17-19-43(83)64(92)79(13)28-45(85)81(15)55(32(5)6)68(96)98-36(11)51(62(90)75-49)77-60(88)39-26-42(73-27-38-21-22-40(70)41(71)25-38)34(9)58-53(39)74-54-47(48(72)57(87)35(10)59(54)100-58)61(89)78-52-37(12)99-69(97)56(33(7)8)82(16)46(86)29-80(14)65(93)44-20-18-24-84(44)67(95)50(31(3)4)76-63(52)91/h21-22,25-26,30-33,36-37,43-44,49-52,55-56,73H,17-20,23-24,27-29,72H2,1-16H3,(H,75,90)(H,76,91)(H,77,88)(H,78,89)/t36-,37-,43+,44+,49-,50-,51+,52?,55+,56+/m1/s1. The number of hydrogen-bond acceptors (Lipinski definition) is 19. The number of aryl methyl sites for hydroxylation is 1. The van der Waals surface area contributed by atoms with Gasteiger partial charge in [0, 0.05) is 64.6 Å². The smallest absolute Gasteiger partial charge is 0.329 e. The molecular weight excluding hydrogens is 1340 g/mol. The van der Waals surface area contributed by atoms with Gasteiger partial charge in [0.2, 0.25) is 52.7 Å². The first-order valence-corrected chi connectivity index (χ1v) is 34.3. The predicted molar refractivity (Wildman–Crippen MR) is 369 cm³/mol. The van der Waals surface area contributed by atoms with Gasteiger partial charge in [0.15, 0.2) is 11.3 Å². The number of nitrogens with two attached hydrogens (primary N) is 1. The van der Waals surface area contributed by atoms with Gasteiger partial charge in [-0.15, -0.1) is 0 Å². The number of carbonyl (C=O) groups excluding carboxylic acids is 12. The number of likely N-dealkylation sites (N-methyl/N-ethyl adjacent to an activating group) is 4. The van der Waals surface area contributed by atoms with Crippen LogP contribution in [0, 0.1) is 37.5 Å². The summed E-state index contributed by atoms with van der Waals surface area (Å²) in [6.07, 6.45) is -1.83. The van der Waals surface area contributed by atoms with Crippen LogP contribution in [0.5, 0.6) is 0 Å². The van der Waals surface area contributed by atoms with Crippen molar-refractivity contribution in [2.24, 2.45) is 23.7 Å². The largest absolute Gasteiger partial charge is 0.458 e. The van der Waals surface area contributed by atoms with Gasteiger partial charge in [0.1, 0.15) is 71.8 Å². The number of amides is 10. The quantitative estimate of drug-likeness (QED) is 0.0709. The first-order valence-electron chi connectivity index (χ1n) is 33.5. The van der Waals surface area contributed by atoms with Crippen LogP contribution in [0.4, 0.5) is 11.4 Å². The van der Waals surface area contributed by atoms with Gasteiger partial charge in [-0.1, -0.05) is 84.7 Å². The van der Waals surface area contributed by atoms with E-state index in [4.69, 9.17) is 47.8 Å².